The Kier molecular flexibility index (Phi) is 9.68. The average molecular weight is 761 g/mol. The molecule has 0 bridgehead atoms. The van der Waals surface area contributed by atoms with Crippen LogP contribution in [0.5, 0.6) is 0 Å². The Morgan fingerprint density at radius 3 is 2.47 bits per heavy atom. The molecule has 2 aliphatic rings. The maximum absolute atomic E-state index is 14.6. The molecule has 49 heavy (non-hydrogen) atoms. The van der Waals surface area contributed by atoms with Gasteiger partial charge >= 0.3 is 5.97 Å². The van der Waals surface area contributed by atoms with Crippen LogP contribution in [0.4, 0.5) is 11.4 Å². The van der Waals surface area contributed by atoms with Crippen molar-refractivity contribution in [2.24, 2.45) is 5.41 Å². The number of carbonyl (C=O) groups is 2. The molecule has 7 rings (SSSR count). The summed E-state index contributed by atoms with van der Waals surface area (Å²) >= 11 is 4.99. The first kappa shape index (κ1) is 33.6. The van der Waals surface area contributed by atoms with Gasteiger partial charge in [-0.15, -0.1) is 11.3 Å². The first-order valence-corrected chi connectivity index (χ1v) is 19.3. The van der Waals surface area contributed by atoms with Gasteiger partial charge in [0.15, 0.2) is 11.0 Å². The Morgan fingerprint density at radius 1 is 1.02 bits per heavy atom. The van der Waals surface area contributed by atoms with Crippen molar-refractivity contribution in [1.29, 1.82) is 0 Å². The van der Waals surface area contributed by atoms with E-state index in [1.807, 2.05) is 70.0 Å². The largest absolute Gasteiger partial charge is 0.460 e. The molecular formula is C38H38BrN3O5S2. The Bertz CT molecular complexity index is 2010. The zero-order chi connectivity index (χ0) is 34.1. The van der Waals surface area contributed by atoms with E-state index in [0.29, 0.717) is 29.0 Å². The highest BCUT2D eigenvalue weighted by molar-refractivity contribution is 9.10. The van der Waals surface area contributed by atoms with Gasteiger partial charge in [-0.1, -0.05) is 42.5 Å². The number of rotatable bonds is 10. The molecule has 5 aromatic rings. The third kappa shape index (κ3) is 6.68. The third-order valence-corrected chi connectivity index (χ3v) is 12.9. The van der Waals surface area contributed by atoms with E-state index >= 15 is 0 Å². The summed E-state index contributed by atoms with van der Waals surface area (Å²) in [5, 5.41) is 2.68. The lowest BCUT2D eigenvalue weighted by atomic mass is 9.72. The summed E-state index contributed by atoms with van der Waals surface area (Å²) < 4.78 is 28.5. The molecule has 1 amide bonds. The normalized spacial score (nSPS) is 16.1. The summed E-state index contributed by atoms with van der Waals surface area (Å²) in [5.41, 5.74) is 4.50. The van der Waals surface area contributed by atoms with Gasteiger partial charge in [-0.05, 0) is 96.4 Å². The van der Waals surface area contributed by atoms with Crippen LogP contribution in [0.2, 0.25) is 0 Å². The molecule has 3 aromatic carbocycles. The second-order valence-electron chi connectivity index (χ2n) is 12.8. The van der Waals surface area contributed by atoms with Crippen LogP contribution in [0, 0.1) is 12.3 Å². The third-order valence-electron chi connectivity index (χ3n) is 9.68. The molecule has 0 aliphatic carbocycles. The van der Waals surface area contributed by atoms with Crippen molar-refractivity contribution in [1.82, 2.24) is 4.90 Å². The SMILES string of the molecule is CCOC(=O)c1oc2ccc(S(=O)N(CCc3ccccc3)c3ccccc3N3CCC4(CC3)CN(C(=O)c3sccc3Br)C4)cc2c1C. The standard InChI is InChI=1S/C38H38BrN3O5S2/c1-3-46-37(44)34-26(2)29-23-28(13-14-33(29)47-34)49(45)42(19-15-27-9-5-4-6-10-27)32-12-8-7-11-31(32)40-20-17-38(18-21-40)24-41(25-38)36(43)35-30(39)16-22-48-35/h4-14,16,22-23H,3,15,17-21,24-25H2,1-2H3. The predicted molar refractivity (Wildman–Crippen MR) is 199 cm³/mol. The average Bonchev–Trinajstić information content (AvgIpc) is 3.70. The smallest absolute Gasteiger partial charge is 0.374 e. The van der Waals surface area contributed by atoms with E-state index in [-0.39, 0.29) is 23.7 Å². The fourth-order valence-corrected chi connectivity index (χ4v) is 9.73. The molecule has 0 saturated carbocycles. The van der Waals surface area contributed by atoms with Crippen LogP contribution in [-0.4, -0.2) is 60.3 Å². The van der Waals surface area contributed by atoms with Crippen LogP contribution in [-0.2, 0) is 22.1 Å². The van der Waals surface area contributed by atoms with Crippen LogP contribution in [0.15, 0.2) is 98.0 Å². The van der Waals surface area contributed by atoms with Crippen LogP contribution in [0.25, 0.3) is 11.0 Å². The van der Waals surface area contributed by atoms with Crippen LogP contribution in [0.1, 0.15) is 51.1 Å². The number of amides is 1. The number of aryl methyl sites for hydroxylation is 1. The van der Waals surface area contributed by atoms with Gasteiger partial charge in [0.05, 0.1) is 22.9 Å². The first-order chi connectivity index (χ1) is 23.8. The summed E-state index contributed by atoms with van der Waals surface area (Å²) in [4.78, 5) is 31.4. The number of fused-ring (bicyclic) bond motifs is 1. The zero-order valence-corrected chi connectivity index (χ0v) is 30.7. The van der Waals surface area contributed by atoms with E-state index in [1.54, 1.807) is 13.0 Å². The molecule has 2 aromatic heterocycles. The number of furan rings is 1. The number of para-hydroxylation sites is 2. The van der Waals surface area contributed by atoms with Gasteiger partial charge in [-0.3, -0.25) is 9.10 Å². The summed E-state index contributed by atoms with van der Waals surface area (Å²) in [6.45, 7) is 7.67. The summed E-state index contributed by atoms with van der Waals surface area (Å²) in [6.07, 6.45) is 2.69. The topological polar surface area (TPSA) is 83.3 Å². The lowest BCUT2D eigenvalue weighted by Crippen LogP contribution is -2.61. The minimum atomic E-state index is -1.56. The number of carbonyl (C=O) groups excluding carboxylic acids is 2. The van der Waals surface area contributed by atoms with Crippen molar-refractivity contribution in [2.75, 3.05) is 48.5 Å². The van der Waals surface area contributed by atoms with E-state index in [0.717, 1.165) is 65.1 Å². The monoisotopic (exact) mass is 759 g/mol. The first-order valence-electron chi connectivity index (χ1n) is 16.6. The highest BCUT2D eigenvalue weighted by Crippen LogP contribution is 2.44. The fourth-order valence-electron chi connectivity index (χ4n) is 6.97. The van der Waals surface area contributed by atoms with Crippen molar-refractivity contribution < 1.29 is 23.0 Å². The predicted octanol–water partition coefficient (Wildman–Crippen LogP) is 8.26. The molecule has 1 atom stereocenters. The maximum atomic E-state index is 14.6. The number of thiophene rings is 1. The number of anilines is 2. The van der Waals surface area contributed by atoms with Crippen LogP contribution < -0.4 is 9.21 Å². The van der Waals surface area contributed by atoms with Gasteiger partial charge in [0.2, 0.25) is 5.76 Å². The fraction of sp³-hybridized carbons (Fsp3) is 0.316. The van der Waals surface area contributed by atoms with E-state index in [2.05, 4.69) is 45.1 Å². The number of piperidine rings is 1. The number of likely N-dealkylation sites (tertiary alicyclic amines) is 1. The van der Waals surface area contributed by atoms with E-state index < -0.39 is 17.0 Å². The highest BCUT2D eigenvalue weighted by atomic mass is 79.9. The molecular weight excluding hydrogens is 722 g/mol. The number of benzene rings is 3. The Hall–Kier alpha value is -3.93. The van der Waals surface area contributed by atoms with Gasteiger partial charge in [-0.25, -0.2) is 9.00 Å². The molecule has 254 valence electrons. The lowest BCUT2D eigenvalue weighted by molar-refractivity contribution is -0.00755. The Labute approximate surface area is 301 Å². The van der Waals surface area contributed by atoms with Crippen molar-refractivity contribution in [3.8, 4) is 0 Å². The molecule has 2 fully saturated rings. The Balaban J connectivity index is 1.13. The van der Waals surface area contributed by atoms with Crippen molar-refractivity contribution in [2.45, 2.75) is 38.0 Å². The number of hydrogen-bond acceptors (Lipinski definition) is 7. The number of ether oxygens (including phenoxy) is 1. The minimum Gasteiger partial charge on any atom is -0.460 e. The molecule has 4 heterocycles. The van der Waals surface area contributed by atoms with E-state index in [1.165, 1.54) is 16.9 Å². The second-order valence-corrected chi connectivity index (χ2v) is 15.9. The summed E-state index contributed by atoms with van der Waals surface area (Å²) in [6, 6.07) is 25.9. The second kappa shape index (κ2) is 14.1. The number of esters is 1. The minimum absolute atomic E-state index is 0.109. The molecule has 11 heteroatoms. The van der Waals surface area contributed by atoms with E-state index in [4.69, 9.17) is 9.15 Å². The Morgan fingerprint density at radius 2 is 1.76 bits per heavy atom. The van der Waals surface area contributed by atoms with Crippen LogP contribution >= 0.6 is 27.3 Å². The molecule has 8 nitrogen and oxygen atoms in total. The lowest BCUT2D eigenvalue weighted by Gasteiger charge is -2.54. The molecule has 2 saturated heterocycles. The van der Waals surface area contributed by atoms with Crippen molar-refractivity contribution >= 4 is 72.5 Å². The molecule has 0 N–H and O–H groups in total. The van der Waals surface area contributed by atoms with E-state index in [9.17, 15) is 13.8 Å². The van der Waals surface area contributed by atoms with Gasteiger partial charge in [0, 0.05) is 53.6 Å². The number of hydrogen-bond donors (Lipinski definition) is 0. The quantitative estimate of drug-likeness (QED) is 0.133. The highest BCUT2D eigenvalue weighted by Gasteiger charge is 2.47. The van der Waals surface area contributed by atoms with Gasteiger partial charge < -0.3 is 19.0 Å². The van der Waals surface area contributed by atoms with Gasteiger partial charge in [0.25, 0.3) is 5.91 Å². The zero-order valence-electron chi connectivity index (χ0n) is 27.5. The molecule has 1 spiro atoms. The maximum Gasteiger partial charge on any atom is 0.374 e. The van der Waals surface area contributed by atoms with Crippen molar-refractivity contribution in [3.63, 3.8) is 0 Å². The number of nitrogens with zero attached hydrogens (tertiary/aromatic N) is 3. The van der Waals surface area contributed by atoms with Crippen LogP contribution in [0.3, 0.4) is 0 Å². The van der Waals surface area contributed by atoms with Gasteiger partial charge in [0.1, 0.15) is 10.5 Å². The summed E-state index contributed by atoms with van der Waals surface area (Å²) in [5.74, 6) is -0.220. The molecule has 2 aliphatic heterocycles. The number of halogens is 1. The summed E-state index contributed by atoms with van der Waals surface area (Å²) in [7, 11) is -1.56. The molecule has 1 unspecified atom stereocenters. The van der Waals surface area contributed by atoms with Crippen molar-refractivity contribution in [3.05, 3.63) is 110 Å². The molecule has 0 radical (unpaired) electrons. The van der Waals surface area contributed by atoms with Gasteiger partial charge in [-0.2, -0.15) is 0 Å².